The Hall–Kier alpha value is -0.420. The zero-order chi connectivity index (χ0) is 15.1. The molecule has 3 nitrogen and oxygen atoms in total. The highest BCUT2D eigenvalue weighted by atomic mass is 79.9. The molecule has 0 radical (unpaired) electrons. The van der Waals surface area contributed by atoms with Crippen molar-refractivity contribution in [3.8, 4) is 0 Å². The van der Waals surface area contributed by atoms with Crippen LogP contribution in [0, 0.1) is 0 Å². The van der Waals surface area contributed by atoms with Crippen LogP contribution in [0.15, 0.2) is 28.7 Å². The van der Waals surface area contributed by atoms with Crippen LogP contribution < -0.4 is 5.32 Å². The van der Waals surface area contributed by atoms with E-state index in [1.807, 2.05) is 0 Å². The number of nitrogens with one attached hydrogen (secondary N) is 1. The fourth-order valence-electron chi connectivity index (χ4n) is 2.79. The van der Waals surface area contributed by atoms with E-state index in [2.05, 4.69) is 57.3 Å². The van der Waals surface area contributed by atoms with Crippen molar-refractivity contribution in [2.45, 2.75) is 38.3 Å². The Bertz CT molecular complexity index is 423. The highest BCUT2D eigenvalue weighted by molar-refractivity contribution is 9.10. The lowest BCUT2D eigenvalue weighted by Crippen LogP contribution is -2.33. The Kier molecular flexibility index (Phi) is 7.17. The molecule has 118 valence electrons. The van der Waals surface area contributed by atoms with Gasteiger partial charge >= 0.3 is 0 Å². The minimum Gasteiger partial charge on any atom is -0.383 e. The van der Waals surface area contributed by atoms with Crippen molar-refractivity contribution in [1.29, 1.82) is 0 Å². The van der Waals surface area contributed by atoms with E-state index in [0.717, 1.165) is 38.7 Å². The summed E-state index contributed by atoms with van der Waals surface area (Å²) in [6, 6.07) is 9.74. The van der Waals surface area contributed by atoms with Gasteiger partial charge in [0.05, 0.1) is 6.61 Å². The van der Waals surface area contributed by atoms with Gasteiger partial charge in [-0.3, -0.25) is 4.90 Å². The fraction of sp³-hybridized carbons (Fsp3) is 0.647. The topological polar surface area (TPSA) is 24.5 Å². The van der Waals surface area contributed by atoms with Crippen LogP contribution in [0.25, 0.3) is 0 Å². The van der Waals surface area contributed by atoms with Gasteiger partial charge in [-0.15, -0.1) is 0 Å². The first-order valence-electron chi connectivity index (χ1n) is 7.97. The summed E-state index contributed by atoms with van der Waals surface area (Å²) in [5, 5.41) is 3.62. The van der Waals surface area contributed by atoms with Gasteiger partial charge < -0.3 is 10.1 Å². The van der Waals surface area contributed by atoms with E-state index in [-0.39, 0.29) is 0 Å². The minimum absolute atomic E-state index is 0.411. The lowest BCUT2D eigenvalue weighted by molar-refractivity contribution is 0.140. The van der Waals surface area contributed by atoms with Gasteiger partial charge in [-0.1, -0.05) is 41.1 Å². The number of benzene rings is 1. The van der Waals surface area contributed by atoms with Crippen molar-refractivity contribution >= 4 is 15.9 Å². The molecule has 0 bridgehead atoms. The standard InChI is InChI=1S/C17H27BrN2O/c1-3-19-17(15-6-4-5-7-16(15)18)10-11-20(12-13-21-2)14-8-9-14/h4-7,14,17,19H,3,8-13H2,1-2H3. The second kappa shape index (κ2) is 8.89. The Balaban J connectivity index is 1.94. The van der Waals surface area contributed by atoms with Gasteiger partial charge in [-0.2, -0.15) is 0 Å². The quantitative estimate of drug-likeness (QED) is 0.694. The predicted octanol–water partition coefficient (Wildman–Crippen LogP) is 3.60. The number of rotatable bonds is 10. The van der Waals surface area contributed by atoms with E-state index in [1.165, 1.54) is 22.9 Å². The molecule has 0 amide bonds. The number of nitrogens with zero attached hydrogens (tertiary/aromatic N) is 1. The number of hydrogen-bond acceptors (Lipinski definition) is 3. The number of ether oxygens (including phenoxy) is 1. The van der Waals surface area contributed by atoms with Gasteiger partial charge in [0.2, 0.25) is 0 Å². The van der Waals surface area contributed by atoms with Crippen LogP contribution >= 0.6 is 15.9 Å². The molecule has 21 heavy (non-hydrogen) atoms. The van der Waals surface area contributed by atoms with Crippen LogP contribution in [0.5, 0.6) is 0 Å². The van der Waals surface area contributed by atoms with Crippen molar-refractivity contribution in [3.63, 3.8) is 0 Å². The van der Waals surface area contributed by atoms with Crippen molar-refractivity contribution in [2.75, 3.05) is 33.4 Å². The first-order valence-corrected chi connectivity index (χ1v) is 8.76. The maximum atomic E-state index is 5.24. The molecule has 1 N–H and O–H groups in total. The Morgan fingerprint density at radius 1 is 1.33 bits per heavy atom. The van der Waals surface area contributed by atoms with Gasteiger partial charge in [-0.25, -0.2) is 0 Å². The zero-order valence-electron chi connectivity index (χ0n) is 13.1. The second-order valence-corrected chi connectivity index (χ2v) is 6.53. The van der Waals surface area contributed by atoms with E-state index in [1.54, 1.807) is 7.11 Å². The Morgan fingerprint density at radius 3 is 2.71 bits per heavy atom. The molecule has 1 aromatic carbocycles. The van der Waals surface area contributed by atoms with Crippen molar-refractivity contribution in [1.82, 2.24) is 10.2 Å². The summed E-state index contributed by atoms with van der Waals surface area (Å²) in [5.41, 5.74) is 1.36. The maximum Gasteiger partial charge on any atom is 0.0589 e. The second-order valence-electron chi connectivity index (χ2n) is 5.68. The largest absolute Gasteiger partial charge is 0.383 e. The van der Waals surface area contributed by atoms with E-state index in [4.69, 9.17) is 4.74 Å². The SMILES string of the molecule is CCNC(CCN(CCOC)C1CC1)c1ccccc1Br. The van der Waals surface area contributed by atoms with Gasteiger partial charge in [0, 0.05) is 36.8 Å². The highest BCUT2D eigenvalue weighted by Crippen LogP contribution is 2.29. The molecular formula is C17H27BrN2O. The monoisotopic (exact) mass is 354 g/mol. The third kappa shape index (κ3) is 5.37. The molecule has 0 aliphatic heterocycles. The fourth-order valence-corrected chi connectivity index (χ4v) is 3.35. The summed E-state index contributed by atoms with van der Waals surface area (Å²) in [6.07, 6.45) is 3.84. The van der Waals surface area contributed by atoms with Gasteiger partial charge in [0.25, 0.3) is 0 Å². The molecular weight excluding hydrogens is 328 g/mol. The molecule has 0 saturated heterocycles. The van der Waals surface area contributed by atoms with Gasteiger partial charge in [0.1, 0.15) is 0 Å². The van der Waals surface area contributed by atoms with Gasteiger partial charge in [0.15, 0.2) is 0 Å². The lowest BCUT2D eigenvalue weighted by Gasteiger charge is -2.26. The van der Waals surface area contributed by atoms with E-state index in [0.29, 0.717) is 6.04 Å². The molecule has 1 atom stereocenters. The van der Waals surface area contributed by atoms with Crippen molar-refractivity contribution in [2.24, 2.45) is 0 Å². The summed E-state index contributed by atoms with van der Waals surface area (Å²) >= 11 is 3.68. The summed E-state index contributed by atoms with van der Waals surface area (Å²) in [7, 11) is 1.79. The van der Waals surface area contributed by atoms with Crippen molar-refractivity contribution < 1.29 is 4.74 Å². The molecule has 2 rings (SSSR count). The molecule has 1 aliphatic carbocycles. The Morgan fingerprint density at radius 2 is 2.10 bits per heavy atom. The maximum absolute atomic E-state index is 5.24. The van der Waals surface area contributed by atoms with Crippen LogP contribution in [-0.2, 0) is 4.74 Å². The minimum atomic E-state index is 0.411. The molecule has 0 heterocycles. The van der Waals surface area contributed by atoms with Crippen molar-refractivity contribution in [3.05, 3.63) is 34.3 Å². The number of methoxy groups -OCH3 is 1. The molecule has 1 aliphatic rings. The molecule has 1 saturated carbocycles. The van der Waals surface area contributed by atoms with E-state index in [9.17, 15) is 0 Å². The van der Waals surface area contributed by atoms with Crippen LogP contribution in [-0.4, -0.2) is 44.3 Å². The zero-order valence-corrected chi connectivity index (χ0v) is 14.7. The first kappa shape index (κ1) is 16.9. The average Bonchev–Trinajstić information content (AvgIpc) is 3.31. The average molecular weight is 355 g/mol. The highest BCUT2D eigenvalue weighted by Gasteiger charge is 2.29. The summed E-state index contributed by atoms with van der Waals surface area (Å²) in [5.74, 6) is 0. The molecule has 1 aromatic rings. The third-order valence-electron chi connectivity index (χ3n) is 4.08. The number of hydrogen-bond donors (Lipinski definition) is 1. The van der Waals surface area contributed by atoms with Gasteiger partial charge in [-0.05, 0) is 37.4 Å². The van der Waals surface area contributed by atoms with Crippen LogP contribution in [0.1, 0.15) is 37.8 Å². The van der Waals surface area contributed by atoms with Crippen LogP contribution in [0.4, 0.5) is 0 Å². The van der Waals surface area contributed by atoms with Crippen LogP contribution in [0.3, 0.4) is 0 Å². The molecule has 0 aromatic heterocycles. The molecule has 0 spiro atoms. The predicted molar refractivity (Wildman–Crippen MR) is 91.6 cm³/mol. The summed E-state index contributed by atoms with van der Waals surface area (Å²) in [6.45, 7) is 6.18. The molecule has 1 fully saturated rings. The molecule has 4 heteroatoms. The first-order chi connectivity index (χ1) is 10.3. The van der Waals surface area contributed by atoms with Crippen LogP contribution in [0.2, 0.25) is 0 Å². The normalized spacial score (nSPS) is 16.4. The smallest absolute Gasteiger partial charge is 0.0589 e. The van der Waals surface area contributed by atoms with E-state index < -0.39 is 0 Å². The summed E-state index contributed by atoms with van der Waals surface area (Å²) in [4.78, 5) is 2.59. The lowest BCUT2D eigenvalue weighted by atomic mass is 10.0. The van der Waals surface area contributed by atoms with E-state index >= 15 is 0 Å². The number of halogens is 1. The summed E-state index contributed by atoms with van der Waals surface area (Å²) < 4.78 is 6.44. The molecule has 1 unspecified atom stereocenters. The Labute approximate surface area is 137 Å². The third-order valence-corrected chi connectivity index (χ3v) is 4.80.